The van der Waals surface area contributed by atoms with Gasteiger partial charge in [-0.2, -0.15) is 0 Å². The maximum absolute atomic E-state index is 5.63. The molecule has 0 saturated heterocycles. The Morgan fingerprint density at radius 2 is 2.00 bits per heavy atom. The maximum atomic E-state index is 5.63. The molecule has 1 aromatic carbocycles. The van der Waals surface area contributed by atoms with Crippen LogP contribution in [0.4, 0.5) is 11.4 Å². The fourth-order valence-electron chi connectivity index (χ4n) is 0.675. The molecule has 2 nitrogen and oxygen atoms in total. The van der Waals surface area contributed by atoms with Gasteiger partial charge in [0.2, 0.25) is 0 Å². The molecular weight excluding hydrogens is 136 g/mol. The van der Waals surface area contributed by atoms with Crippen LogP contribution in [0.2, 0.25) is 5.02 Å². The highest BCUT2D eigenvalue weighted by Gasteiger charge is 1.93. The monoisotopic (exact) mass is 143 g/mol. The average molecular weight is 144 g/mol. The van der Waals surface area contributed by atoms with E-state index in [2.05, 4.69) is 5.73 Å². The summed E-state index contributed by atoms with van der Waals surface area (Å²) < 4.78 is 0. The van der Waals surface area contributed by atoms with E-state index < -0.39 is 0 Å². The second-order valence-electron chi connectivity index (χ2n) is 1.89. The molecule has 9 heavy (non-hydrogen) atoms. The molecule has 0 amide bonds. The van der Waals surface area contributed by atoms with Crippen LogP contribution < -0.4 is 11.5 Å². The number of nitrogen functional groups attached to an aromatic ring is 1. The van der Waals surface area contributed by atoms with Gasteiger partial charge in [0.1, 0.15) is 5.69 Å². The summed E-state index contributed by atoms with van der Waals surface area (Å²) in [6.45, 7) is 0. The fraction of sp³-hybridized carbons (Fsp3) is 0. The van der Waals surface area contributed by atoms with E-state index in [4.69, 9.17) is 17.3 Å². The van der Waals surface area contributed by atoms with E-state index in [1.807, 2.05) is 0 Å². The minimum Gasteiger partial charge on any atom is -0.399 e. The zero-order chi connectivity index (χ0) is 6.85. The Hall–Kier alpha value is -0.730. The largest absolute Gasteiger partial charge is 0.399 e. The molecular formula is C6H8ClN2+. The van der Waals surface area contributed by atoms with Crippen molar-refractivity contribution >= 4 is 23.0 Å². The quantitative estimate of drug-likeness (QED) is 0.519. The molecule has 48 valence electrons. The first-order valence-corrected chi connectivity index (χ1v) is 2.94. The lowest BCUT2D eigenvalue weighted by atomic mass is 10.3. The molecule has 0 saturated carbocycles. The normalized spacial score (nSPS) is 9.56. The number of hydrogen-bond donors (Lipinski definition) is 2. The summed E-state index contributed by atoms with van der Waals surface area (Å²) in [6, 6.07) is 5.22. The molecule has 0 fully saturated rings. The standard InChI is InChI=1S/C6H7ClN2/c7-4-1-5(8)3-6(9)2-4/h1-3H,8-9H2/p+1. The lowest BCUT2D eigenvalue weighted by molar-refractivity contribution is -0.254. The van der Waals surface area contributed by atoms with Crippen molar-refractivity contribution in [1.29, 1.82) is 0 Å². The van der Waals surface area contributed by atoms with Gasteiger partial charge in [0, 0.05) is 22.8 Å². The third-order valence-corrected chi connectivity index (χ3v) is 1.20. The summed E-state index contributed by atoms with van der Waals surface area (Å²) >= 11 is 5.63. The van der Waals surface area contributed by atoms with Crippen LogP contribution in [0.5, 0.6) is 0 Å². The highest BCUT2D eigenvalue weighted by molar-refractivity contribution is 6.31. The number of anilines is 1. The van der Waals surface area contributed by atoms with Crippen molar-refractivity contribution in [3.63, 3.8) is 0 Å². The molecule has 0 spiro atoms. The van der Waals surface area contributed by atoms with Crippen molar-refractivity contribution in [1.82, 2.24) is 0 Å². The molecule has 0 atom stereocenters. The van der Waals surface area contributed by atoms with Crippen molar-refractivity contribution in [2.75, 3.05) is 5.73 Å². The topological polar surface area (TPSA) is 53.7 Å². The van der Waals surface area contributed by atoms with Gasteiger partial charge in [-0.1, -0.05) is 11.6 Å². The molecule has 5 N–H and O–H groups in total. The summed E-state index contributed by atoms with van der Waals surface area (Å²) in [5, 5.41) is 0.639. The molecule has 0 heterocycles. The van der Waals surface area contributed by atoms with E-state index in [0.717, 1.165) is 5.69 Å². The van der Waals surface area contributed by atoms with E-state index in [1.54, 1.807) is 18.2 Å². The first-order chi connectivity index (χ1) is 4.18. The summed E-state index contributed by atoms with van der Waals surface area (Å²) in [7, 11) is 0. The van der Waals surface area contributed by atoms with Gasteiger partial charge in [0.15, 0.2) is 0 Å². The molecule has 0 aliphatic carbocycles. The molecule has 1 aromatic rings. The van der Waals surface area contributed by atoms with E-state index in [1.165, 1.54) is 0 Å². The van der Waals surface area contributed by atoms with Crippen molar-refractivity contribution in [2.24, 2.45) is 0 Å². The number of quaternary nitrogens is 1. The molecule has 0 bridgehead atoms. The van der Waals surface area contributed by atoms with E-state index >= 15 is 0 Å². The molecule has 0 aliphatic rings. The molecule has 0 aromatic heterocycles. The molecule has 0 aliphatic heterocycles. The van der Waals surface area contributed by atoms with Gasteiger partial charge in [-0.05, 0) is 6.07 Å². The second kappa shape index (κ2) is 2.25. The van der Waals surface area contributed by atoms with Gasteiger partial charge < -0.3 is 11.5 Å². The fourth-order valence-corrected chi connectivity index (χ4v) is 0.942. The summed E-state index contributed by atoms with van der Waals surface area (Å²) in [4.78, 5) is 0. The van der Waals surface area contributed by atoms with E-state index in [9.17, 15) is 0 Å². The third kappa shape index (κ3) is 1.59. The number of hydrogen-bond acceptors (Lipinski definition) is 1. The lowest BCUT2D eigenvalue weighted by Gasteiger charge is -1.92. The number of rotatable bonds is 0. The van der Waals surface area contributed by atoms with Crippen molar-refractivity contribution in [3.8, 4) is 0 Å². The number of benzene rings is 1. The number of halogens is 1. The Bertz CT molecular complexity index is 172. The van der Waals surface area contributed by atoms with Gasteiger partial charge >= 0.3 is 0 Å². The van der Waals surface area contributed by atoms with Gasteiger partial charge in [-0.3, -0.25) is 0 Å². The summed E-state index contributed by atoms with van der Waals surface area (Å²) in [5.41, 5.74) is 10.6. The van der Waals surface area contributed by atoms with Gasteiger partial charge in [0.25, 0.3) is 0 Å². The van der Waals surface area contributed by atoms with Crippen molar-refractivity contribution in [3.05, 3.63) is 23.2 Å². The van der Waals surface area contributed by atoms with Crippen LogP contribution in [0.15, 0.2) is 18.2 Å². The van der Waals surface area contributed by atoms with Crippen molar-refractivity contribution in [2.45, 2.75) is 0 Å². The third-order valence-electron chi connectivity index (χ3n) is 0.980. The number of nitrogens with two attached hydrogens (primary N) is 1. The predicted molar refractivity (Wildman–Crippen MR) is 38.4 cm³/mol. The SMILES string of the molecule is Nc1cc([NH3+])cc(Cl)c1. The van der Waals surface area contributed by atoms with Crippen LogP contribution in [0, 0.1) is 0 Å². The first-order valence-electron chi connectivity index (χ1n) is 2.56. The van der Waals surface area contributed by atoms with Crippen LogP contribution in [0.25, 0.3) is 0 Å². The van der Waals surface area contributed by atoms with E-state index in [-0.39, 0.29) is 0 Å². The Morgan fingerprint density at radius 1 is 1.33 bits per heavy atom. The Labute approximate surface area is 58.4 Å². The van der Waals surface area contributed by atoms with Crippen LogP contribution in [-0.4, -0.2) is 0 Å². The Morgan fingerprint density at radius 3 is 2.44 bits per heavy atom. The Kier molecular flexibility index (Phi) is 1.60. The minimum atomic E-state index is 0.639. The summed E-state index contributed by atoms with van der Waals surface area (Å²) in [5.74, 6) is 0. The van der Waals surface area contributed by atoms with Gasteiger partial charge in [-0.15, -0.1) is 0 Å². The van der Waals surface area contributed by atoms with Gasteiger partial charge in [0.05, 0.1) is 0 Å². The van der Waals surface area contributed by atoms with Gasteiger partial charge in [-0.25, -0.2) is 0 Å². The van der Waals surface area contributed by atoms with Crippen LogP contribution in [0.1, 0.15) is 0 Å². The smallest absolute Gasteiger partial charge is 0.131 e. The average Bonchev–Trinajstić information content (AvgIpc) is 1.59. The zero-order valence-electron chi connectivity index (χ0n) is 4.89. The highest BCUT2D eigenvalue weighted by Crippen LogP contribution is 2.16. The Balaban J connectivity index is 3.17. The van der Waals surface area contributed by atoms with E-state index in [0.29, 0.717) is 10.7 Å². The maximum Gasteiger partial charge on any atom is 0.131 e. The van der Waals surface area contributed by atoms with Crippen LogP contribution in [-0.2, 0) is 0 Å². The summed E-state index contributed by atoms with van der Waals surface area (Å²) in [6.07, 6.45) is 0. The highest BCUT2D eigenvalue weighted by atomic mass is 35.5. The molecule has 0 radical (unpaired) electrons. The zero-order valence-corrected chi connectivity index (χ0v) is 5.65. The minimum absolute atomic E-state index is 0.639. The molecule has 1 rings (SSSR count). The lowest BCUT2D eigenvalue weighted by Crippen LogP contribution is -2.40. The molecule has 0 unspecified atom stereocenters. The predicted octanol–water partition coefficient (Wildman–Crippen LogP) is 0.796. The molecule has 3 heteroatoms. The van der Waals surface area contributed by atoms with Crippen LogP contribution >= 0.6 is 11.6 Å². The van der Waals surface area contributed by atoms with Crippen LogP contribution in [0.3, 0.4) is 0 Å². The second-order valence-corrected chi connectivity index (χ2v) is 2.33. The first kappa shape index (κ1) is 6.39. The van der Waals surface area contributed by atoms with Crippen molar-refractivity contribution < 1.29 is 5.73 Å².